The highest BCUT2D eigenvalue weighted by Gasteiger charge is 2.39. The number of rotatable bonds is 6. The Morgan fingerprint density at radius 3 is 2.38 bits per heavy atom. The number of halogens is 3. The van der Waals surface area contributed by atoms with Crippen molar-refractivity contribution < 1.29 is 36.2 Å². The van der Waals surface area contributed by atoms with Crippen LogP contribution in [0.3, 0.4) is 0 Å². The van der Waals surface area contributed by atoms with Gasteiger partial charge in [-0.05, 0) is 12.1 Å². The summed E-state index contributed by atoms with van der Waals surface area (Å²) in [5.41, 5.74) is 0. The summed E-state index contributed by atoms with van der Waals surface area (Å²) in [6.07, 6.45) is -4.87. The first-order valence-electron chi connectivity index (χ1n) is 5.49. The third-order valence-corrected chi connectivity index (χ3v) is 4.19. The molecule has 1 aromatic carbocycles. The number of hydrogen-bond donors (Lipinski definition) is 1. The van der Waals surface area contributed by atoms with E-state index in [4.69, 9.17) is 9.84 Å². The first-order valence-corrected chi connectivity index (χ1v) is 6.93. The number of benzene rings is 1. The van der Waals surface area contributed by atoms with Gasteiger partial charge in [-0.25, -0.2) is 8.42 Å². The van der Waals surface area contributed by atoms with Gasteiger partial charge in [0.25, 0.3) is 0 Å². The molecule has 21 heavy (non-hydrogen) atoms. The van der Waals surface area contributed by atoms with Crippen molar-refractivity contribution in [2.75, 3.05) is 20.2 Å². The van der Waals surface area contributed by atoms with Crippen molar-refractivity contribution in [3.8, 4) is 5.75 Å². The first kappa shape index (κ1) is 17.2. The Hall–Kier alpha value is -1.81. The van der Waals surface area contributed by atoms with Gasteiger partial charge in [-0.1, -0.05) is 12.1 Å². The number of alkyl halides is 3. The van der Waals surface area contributed by atoms with Gasteiger partial charge in [0, 0.05) is 0 Å². The molecule has 0 fully saturated rings. The van der Waals surface area contributed by atoms with Gasteiger partial charge < -0.3 is 9.84 Å². The predicted molar refractivity (Wildman–Crippen MR) is 65.4 cm³/mol. The maximum Gasteiger partial charge on any atom is 0.402 e. The van der Waals surface area contributed by atoms with Crippen LogP contribution in [0.1, 0.15) is 0 Å². The third kappa shape index (κ3) is 4.60. The fourth-order valence-corrected chi connectivity index (χ4v) is 3.08. The lowest BCUT2D eigenvalue weighted by atomic mass is 10.3. The monoisotopic (exact) mass is 327 g/mol. The van der Waals surface area contributed by atoms with E-state index in [1.807, 2.05) is 0 Å². The molecule has 0 aliphatic rings. The van der Waals surface area contributed by atoms with Crippen LogP contribution in [-0.2, 0) is 14.8 Å². The van der Waals surface area contributed by atoms with Gasteiger partial charge in [0.2, 0.25) is 10.0 Å². The molecule has 118 valence electrons. The van der Waals surface area contributed by atoms with Crippen LogP contribution in [0, 0.1) is 0 Å². The minimum Gasteiger partial charge on any atom is -0.495 e. The zero-order chi connectivity index (χ0) is 16.3. The molecule has 10 heteroatoms. The number of methoxy groups -OCH3 is 1. The number of carboxylic acid groups (broad SMARTS) is 1. The van der Waals surface area contributed by atoms with Crippen LogP contribution in [-0.4, -0.2) is 50.2 Å². The molecule has 0 saturated carbocycles. The van der Waals surface area contributed by atoms with Gasteiger partial charge in [-0.2, -0.15) is 17.5 Å². The lowest BCUT2D eigenvalue weighted by Crippen LogP contribution is -2.42. The highest BCUT2D eigenvalue weighted by Crippen LogP contribution is 2.28. The molecule has 0 radical (unpaired) electrons. The molecule has 1 aromatic rings. The van der Waals surface area contributed by atoms with Crippen molar-refractivity contribution in [1.29, 1.82) is 0 Å². The SMILES string of the molecule is COc1ccccc1S(=O)(=O)N(CC(=O)O)CC(F)(F)F. The Morgan fingerprint density at radius 1 is 1.33 bits per heavy atom. The van der Waals surface area contributed by atoms with E-state index in [0.717, 1.165) is 13.2 Å². The van der Waals surface area contributed by atoms with Crippen molar-refractivity contribution in [1.82, 2.24) is 4.31 Å². The van der Waals surface area contributed by atoms with Gasteiger partial charge in [-0.3, -0.25) is 4.79 Å². The summed E-state index contributed by atoms with van der Waals surface area (Å²) in [4.78, 5) is 10.1. The smallest absolute Gasteiger partial charge is 0.402 e. The molecule has 6 nitrogen and oxygen atoms in total. The minimum atomic E-state index is -4.87. The van der Waals surface area contributed by atoms with Crippen molar-refractivity contribution >= 4 is 16.0 Å². The fourth-order valence-electron chi connectivity index (χ4n) is 1.55. The average Bonchev–Trinajstić information content (AvgIpc) is 2.35. The highest BCUT2D eigenvalue weighted by molar-refractivity contribution is 7.89. The fraction of sp³-hybridized carbons (Fsp3) is 0.364. The van der Waals surface area contributed by atoms with E-state index in [1.165, 1.54) is 18.2 Å². The molecule has 1 N–H and O–H groups in total. The summed E-state index contributed by atoms with van der Waals surface area (Å²) < 4.78 is 66.4. The zero-order valence-electron chi connectivity index (χ0n) is 10.8. The zero-order valence-corrected chi connectivity index (χ0v) is 11.6. The molecular weight excluding hydrogens is 315 g/mol. The molecule has 0 aliphatic carbocycles. The van der Waals surface area contributed by atoms with Crippen molar-refractivity contribution in [2.24, 2.45) is 0 Å². The van der Waals surface area contributed by atoms with Crippen LogP contribution in [0.5, 0.6) is 5.75 Å². The van der Waals surface area contributed by atoms with Crippen LogP contribution >= 0.6 is 0 Å². The Balaban J connectivity index is 3.29. The second-order valence-corrected chi connectivity index (χ2v) is 5.84. The van der Waals surface area contributed by atoms with E-state index in [9.17, 15) is 26.4 Å². The number of carboxylic acids is 1. The van der Waals surface area contributed by atoms with Gasteiger partial charge in [0.1, 0.15) is 23.7 Å². The molecule has 0 unspecified atom stereocenters. The normalized spacial score (nSPS) is 12.4. The summed E-state index contributed by atoms with van der Waals surface area (Å²) in [5, 5.41) is 8.61. The molecule has 0 heterocycles. The van der Waals surface area contributed by atoms with E-state index in [0.29, 0.717) is 0 Å². The van der Waals surface area contributed by atoms with Crippen molar-refractivity contribution in [3.05, 3.63) is 24.3 Å². The number of para-hydroxylation sites is 1. The van der Waals surface area contributed by atoms with Crippen LogP contribution < -0.4 is 4.74 Å². The van der Waals surface area contributed by atoms with Gasteiger partial charge in [0.15, 0.2) is 0 Å². The number of nitrogens with zero attached hydrogens (tertiary/aromatic N) is 1. The van der Waals surface area contributed by atoms with Gasteiger partial charge in [-0.15, -0.1) is 0 Å². The maximum atomic E-state index is 12.5. The number of hydrogen-bond acceptors (Lipinski definition) is 4. The number of aliphatic carboxylic acids is 1. The lowest BCUT2D eigenvalue weighted by molar-refractivity contribution is -0.146. The Kier molecular flexibility index (Phi) is 5.18. The van der Waals surface area contributed by atoms with E-state index in [-0.39, 0.29) is 10.1 Å². The maximum absolute atomic E-state index is 12.5. The third-order valence-electron chi connectivity index (χ3n) is 2.35. The predicted octanol–water partition coefficient (Wildman–Crippen LogP) is 1.33. The van der Waals surface area contributed by atoms with E-state index >= 15 is 0 Å². The Labute approximate surface area is 118 Å². The second kappa shape index (κ2) is 6.31. The summed E-state index contributed by atoms with van der Waals surface area (Å²) in [6, 6.07) is 5.02. The number of sulfonamides is 1. The first-order chi connectivity index (χ1) is 9.58. The molecule has 0 saturated heterocycles. The number of carbonyl (C=O) groups is 1. The molecule has 0 aromatic heterocycles. The molecule has 0 aliphatic heterocycles. The molecular formula is C11H12F3NO5S. The van der Waals surface area contributed by atoms with Crippen LogP contribution in [0.25, 0.3) is 0 Å². The summed E-state index contributed by atoms with van der Waals surface area (Å²) in [5.74, 6) is -1.87. The van der Waals surface area contributed by atoms with Gasteiger partial charge in [0.05, 0.1) is 7.11 Å². The standard InChI is InChI=1S/C11H12F3NO5S/c1-20-8-4-2-3-5-9(8)21(18,19)15(6-10(16)17)7-11(12,13)14/h2-5H,6-7H2,1H3,(H,16,17). The molecule has 1 rings (SSSR count). The molecule has 0 spiro atoms. The Bertz CT molecular complexity index is 615. The highest BCUT2D eigenvalue weighted by atomic mass is 32.2. The lowest BCUT2D eigenvalue weighted by Gasteiger charge is -2.22. The van der Waals surface area contributed by atoms with Crippen LogP contribution in [0.4, 0.5) is 13.2 Å². The van der Waals surface area contributed by atoms with Gasteiger partial charge >= 0.3 is 12.1 Å². The minimum absolute atomic E-state index is 0.160. The van der Waals surface area contributed by atoms with Crippen LogP contribution in [0.15, 0.2) is 29.2 Å². The average molecular weight is 327 g/mol. The quantitative estimate of drug-likeness (QED) is 0.852. The summed E-state index contributed by atoms with van der Waals surface area (Å²) >= 11 is 0. The molecule has 0 amide bonds. The summed E-state index contributed by atoms with van der Waals surface area (Å²) in [6.45, 7) is -3.21. The second-order valence-electron chi connectivity index (χ2n) is 3.93. The molecule has 0 atom stereocenters. The van der Waals surface area contributed by atoms with E-state index < -0.39 is 40.2 Å². The largest absolute Gasteiger partial charge is 0.495 e. The van der Waals surface area contributed by atoms with E-state index in [1.54, 1.807) is 0 Å². The molecule has 0 bridgehead atoms. The number of ether oxygens (including phenoxy) is 1. The van der Waals surface area contributed by atoms with Crippen molar-refractivity contribution in [2.45, 2.75) is 11.1 Å². The van der Waals surface area contributed by atoms with Crippen LogP contribution in [0.2, 0.25) is 0 Å². The topological polar surface area (TPSA) is 83.9 Å². The van der Waals surface area contributed by atoms with Crippen molar-refractivity contribution in [3.63, 3.8) is 0 Å². The Morgan fingerprint density at radius 2 is 1.90 bits per heavy atom. The van der Waals surface area contributed by atoms with E-state index in [2.05, 4.69) is 0 Å². The summed E-state index contributed by atoms with van der Waals surface area (Å²) in [7, 11) is -3.51.